The van der Waals surface area contributed by atoms with E-state index in [9.17, 15) is 4.79 Å². The number of halogens is 1. The van der Waals surface area contributed by atoms with Crippen LogP contribution >= 0.6 is 15.9 Å². The van der Waals surface area contributed by atoms with Crippen LogP contribution in [0.2, 0.25) is 0 Å². The van der Waals surface area contributed by atoms with Gasteiger partial charge in [0.1, 0.15) is 5.75 Å². The fraction of sp³-hybridized carbons (Fsp3) is 0.632. The Hall–Kier alpha value is -1.07. The first kappa shape index (κ1) is 19.3. The summed E-state index contributed by atoms with van der Waals surface area (Å²) >= 11 is 3.50. The van der Waals surface area contributed by atoms with Crippen molar-refractivity contribution in [3.63, 3.8) is 0 Å². The summed E-state index contributed by atoms with van der Waals surface area (Å²) in [6.45, 7) is 6.43. The lowest BCUT2D eigenvalue weighted by atomic mass is 9.88. The van der Waals surface area contributed by atoms with E-state index >= 15 is 0 Å². The molecule has 1 aliphatic heterocycles. The van der Waals surface area contributed by atoms with E-state index in [2.05, 4.69) is 40.7 Å². The zero-order valence-corrected chi connectivity index (χ0v) is 16.5. The number of hydrogen-bond acceptors (Lipinski definition) is 4. The summed E-state index contributed by atoms with van der Waals surface area (Å²) in [6.07, 6.45) is 4.56. The van der Waals surface area contributed by atoms with Crippen LogP contribution in [0.25, 0.3) is 0 Å². The summed E-state index contributed by atoms with van der Waals surface area (Å²) in [4.78, 5) is 13.6. The topological polar surface area (TPSA) is 38.8 Å². The van der Waals surface area contributed by atoms with Crippen molar-refractivity contribution in [2.24, 2.45) is 5.92 Å². The van der Waals surface area contributed by atoms with Crippen LogP contribution in [0.1, 0.15) is 38.2 Å². The highest BCUT2D eigenvalue weighted by molar-refractivity contribution is 9.10. The van der Waals surface area contributed by atoms with E-state index in [0.29, 0.717) is 12.6 Å². The molecule has 1 fully saturated rings. The molecule has 0 aromatic heterocycles. The summed E-state index contributed by atoms with van der Waals surface area (Å²) in [5.41, 5.74) is 1.19. The smallest absolute Gasteiger partial charge is 0.319 e. The number of hydrogen-bond donors (Lipinski definition) is 0. The Bertz CT molecular complexity index is 549. The second-order valence-corrected chi connectivity index (χ2v) is 7.54. The second kappa shape index (κ2) is 9.42. The molecule has 5 heteroatoms. The number of benzene rings is 1. The molecule has 2 atom stereocenters. The van der Waals surface area contributed by atoms with Crippen molar-refractivity contribution in [1.29, 1.82) is 0 Å². The third-order valence-electron chi connectivity index (χ3n) is 4.84. The minimum Gasteiger partial charge on any atom is -0.494 e. The highest BCUT2D eigenvalue weighted by Gasteiger charge is 2.26. The standard InChI is InChI=1S/C19H28BrNO3/c1-14-11-17(6-7-18(14)20)24-10-4-5-16-8-9-21(15(2)12-16)13-19(22)23-3/h6-7,11,15-16H,4-5,8-10,12-13H2,1-3H3/t15-,16+/m1/s1. The Morgan fingerprint density at radius 3 is 2.88 bits per heavy atom. The van der Waals surface area contributed by atoms with Gasteiger partial charge in [-0.2, -0.15) is 0 Å². The summed E-state index contributed by atoms with van der Waals surface area (Å²) in [6, 6.07) is 6.54. The first-order valence-corrected chi connectivity index (χ1v) is 9.48. The molecular weight excluding hydrogens is 370 g/mol. The van der Waals surface area contributed by atoms with E-state index < -0.39 is 0 Å². The van der Waals surface area contributed by atoms with Crippen molar-refractivity contribution in [2.75, 3.05) is 26.8 Å². The fourth-order valence-electron chi connectivity index (χ4n) is 3.31. The number of likely N-dealkylation sites (tertiary alicyclic amines) is 1. The molecule has 0 radical (unpaired) electrons. The second-order valence-electron chi connectivity index (χ2n) is 6.69. The Balaban J connectivity index is 1.66. The van der Waals surface area contributed by atoms with Crippen molar-refractivity contribution in [1.82, 2.24) is 4.90 Å². The van der Waals surface area contributed by atoms with Crippen molar-refractivity contribution in [2.45, 2.75) is 45.6 Å². The van der Waals surface area contributed by atoms with Gasteiger partial charge in [-0.25, -0.2) is 0 Å². The number of piperidine rings is 1. The SMILES string of the molecule is COC(=O)CN1CC[C@H](CCCOc2ccc(Br)c(C)c2)C[C@H]1C. The highest BCUT2D eigenvalue weighted by Crippen LogP contribution is 2.27. The Kier molecular flexibility index (Phi) is 7.56. The Labute approximate surface area is 153 Å². The molecule has 0 amide bonds. The molecule has 0 aliphatic carbocycles. The molecule has 24 heavy (non-hydrogen) atoms. The molecule has 0 N–H and O–H groups in total. The van der Waals surface area contributed by atoms with E-state index in [-0.39, 0.29) is 5.97 Å². The van der Waals surface area contributed by atoms with Gasteiger partial charge >= 0.3 is 5.97 Å². The van der Waals surface area contributed by atoms with Gasteiger partial charge in [0.15, 0.2) is 0 Å². The van der Waals surface area contributed by atoms with Gasteiger partial charge in [-0.1, -0.05) is 15.9 Å². The maximum absolute atomic E-state index is 11.4. The van der Waals surface area contributed by atoms with Crippen LogP contribution in [0.4, 0.5) is 0 Å². The predicted molar refractivity (Wildman–Crippen MR) is 99.4 cm³/mol. The van der Waals surface area contributed by atoms with Crippen LogP contribution < -0.4 is 4.74 Å². The molecule has 0 unspecified atom stereocenters. The maximum Gasteiger partial charge on any atom is 0.319 e. The molecule has 0 spiro atoms. The van der Waals surface area contributed by atoms with Crippen LogP contribution in [-0.2, 0) is 9.53 Å². The third kappa shape index (κ3) is 5.78. The van der Waals surface area contributed by atoms with E-state index in [1.54, 1.807) is 0 Å². The fourth-order valence-corrected chi connectivity index (χ4v) is 3.56. The molecule has 1 aromatic rings. The monoisotopic (exact) mass is 397 g/mol. The molecule has 2 rings (SSSR count). The van der Waals surface area contributed by atoms with Gasteiger partial charge < -0.3 is 9.47 Å². The van der Waals surface area contributed by atoms with Gasteiger partial charge in [0.05, 0.1) is 20.3 Å². The third-order valence-corrected chi connectivity index (χ3v) is 5.73. The minimum absolute atomic E-state index is 0.140. The lowest BCUT2D eigenvalue weighted by Crippen LogP contribution is -2.43. The molecular formula is C19H28BrNO3. The quantitative estimate of drug-likeness (QED) is 0.510. The maximum atomic E-state index is 11.4. The van der Waals surface area contributed by atoms with Crippen LogP contribution in [0, 0.1) is 12.8 Å². The van der Waals surface area contributed by atoms with Gasteiger partial charge in [0, 0.05) is 10.5 Å². The van der Waals surface area contributed by atoms with Crippen molar-refractivity contribution < 1.29 is 14.3 Å². The summed E-state index contributed by atoms with van der Waals surface area (Å²) in [5, 5.41) is 0. The molecule has 1 heterocycles. The average molecular weight is 398 g/mol. The van der Waals surface area contributed by atoms with Crippen molar-refractivity contribution in [3.8, 4) is 5.75 Å². The van der Waals surface area contributed by atoms with Crippen LogP contribution in [0.15, 0.2) is 22.7 Å². The first-order valence-electron chi connectivity index (χ1n) is 8.69. The van der Waals surface area contributed by atoms with Gasteiger partial charge in [-0.05, 0) is 75.8 Å². The van der Waals surface area contributed by atoms with E-state index in [4.69, 9.17) is 9.47 Å². The summed E-state index contributed by atoms with van der Waals surface area (Å²) in [7, 11) is 1.45. The summed E-state index contributed by atoms with van der Waals surface area (Å²) < 4.78 is 11.7. The van der Waals surface area contributed by atoms with Gasteiger partial charge in [0.2, 0.25) is 0 Å². The number of rotatable bonds is 7. The Morgan fingerprint density at radius 1 is 1.42 bits per heavy atom. The molecule has 0 bridgehead atoms. The van der Waals surface area contributed by atoms with Crippen LogP contribution in [-0.4, -0.2) is 43.7 Å². The molecule has 1 aromatic carbocycles. The van der Waals surface area contributed by atoms with Crippen LogP contribution in [0.3, 0.4) is 0 Å². The first-order chi connectivity index (χ1) is 11.5. The van der Waals surface area contributed by atoms with Gasteiger partial charge in [-0.15, -0.1) is 0 Å². The number of carbonyl (C=O) groups excluding carboxylic acids is 1. The molecule has 1 aliphatic rings. The van der Waals surface area contributed by atoms with Crippen LogP contribution in [0.5, 0.6) is 5.75 Å². The number of esters is 1. The van der Waals surface area contributed by atoms with Gasteiger partial charge in [0.25, 0.3) is 0 Å². The average Bonchev–Trinajstić information content (AvgIpc) is 2.57. The van der Waals surface area contributed by atoms with Gasteiger partial charge in [-0.3, -0.25) is 9.69 Å². The minimum atomic E-state index is -0.140. The number of methoxy groups -OCH3 is 1. The van der Waals surface area contributed by atoms with E-state index in [0.717, 1.165) is 48.6 Å². The molecule has 0 saturated carbocycles. The highest BCUT2D eigenvalue weighted by atomic mass is 79.9. The molecule has 4 nitrogen and oxygen atoms in total. The lowest BCUT2D eigenvalue weighted by molar-refractivity contribution is -0.143. The predicted octanol–water partition coefficient (Wildman–Crippen LogP) is 4.19. The zero-order chi connectivity index (χ0) is 17.5. The van der Waals surface area contributed by atoms with Crippen molar-refractivity contribution in [3.05, 3.63) is 28.2 Å². The number of ether oxygens (including phenoxy) is 2. The summed E-state index contributed by atoms with van der Waals surface area (Å²) in [5.74, 6) is 1.53. The van der Waals surface area contributed by atoms with E-state index in [1.807, 2.05) is 12.1 Å². The number of carbonyl (C=O) groups is 1. The number of nitrogens with zero attached hydrogens (tertiary/aromatic N) is 1. The molecule has 134 valence electrons. The normalized spacial score (nSPS) is 21.5. The molecule has 1 saturated heterocycles. The Morgan fingerprint density at radius 2 is 2.21 bits per heavy atom. The van der Waals surface area contributed by atoms with Crippen molar-refractivity contribution >= 4 is 21.9 Å². The lowest BCUT2D eigenvalue weighted by Gasteiger charge is -2.37. The zero-order valence-electron chi connectivity index (χ0n) is 14.9. The van der Waals surface area contributed by atoms with E-state index in [1.165, 1.54) is 19.1 Å². The largest absolute Gasteiger partial charge is 0.494 e. The number of aryl methyl sites for hydroxylation is 1.